The lowest BCUT2D eigenvalue weighted by atomic mass is 10.1. The van der Waals surface area contributed by atoms with Gasteiger partial charge in [-0.05, 0) is 37.5 Å². The van der Waals surface area contributed by atoms with Gasteiger partial charge in [0.15, 0.2) is 0 Å². The zero-order valence-corrected chi connectivity index (χ0v) is 15.2. The Hall–Kier alpha value is -2.55. The average molecular weight is 333 g/mol. The number of nitrogens with two attached hydrogens (primary N) is 1. The molecule has 25 heavy (non-hydrogen) atoms. The lowest BCUT2D eigenvalue weighted by Crippen LogP contribution is -2.02. The van der Waals surface area contributed by atoms with Crippen LogP contribution < -0.4 is 5.73 Å². The van der Waals surface area contributed by atoms with Gasteiger partial charge >= 0.3 is 0 Å². The standard InChI is InChI=1S/C22H27N3/c1-3-4-5-7-10-18-13-15-20(16-14-18)25-21(17(2)24-22(25)23)19-11-8-6-9-12-19/h6,8-9,11-16H,3-5,7,10H2,1-2H3,(H2,23,24). The minimum absolute atomic E-state index is 0.534. The Bertz CT molecular complexity index is 801. The number of nitrogens with zero attached hydrogens (tertiary/aromatic N) is 2. The van der Waals surface area contributed by atoms with Gasteiger partial charge in [-0.1, -0.05) is 68.7 Å². The third kappa shape index (κ3) is 3.93. The van der Waals surface area contributed by atoms with Crippen LogP contribution in [0.2, 0.25) is 0 Å². The average Bonchev–Trinajstić information content (AvgIpc) is 2.94. The number of aryl methyl sites for hydroxylation is 2. The second kappa shape index (κ2) is 8.02. The van der Waals surface area contributed by atoms with E-state index in [1.165, 1.54) is 31.2 Å². The molecule has 3 aromatic rings. The van der Waals surface area contributed by atoms with Gasteiger partial charge in [0.05, 0.1) is 11.4 Å². The fourth-order valence-corrected chi connectivity index (χ4v) is 3.31. The van der Waals surface area contributed by atoms with Crippen molar-refractivity contribution in [1.29, 1.82) is 0 Å². The van der Waals surface area contributed by atoms with Crippen molar-refractivity contribution in [3.05, 3.63) is 65.9 Å². The molecule has 0 aliphatic rings. The van der Waals surface area contributed by atoms with Crippen LogP contribution in [0.5, 0.6) is 0 Å². The molecule has 0 aliphatic carbocycles. The molecule has 0 atom stereocenters. The summed E-state index contributed by atoms with van der Waals surface area (Å²) in [6.07, 6.45) is 6.31. The van der Waals surface area contributed by atoms with E-state index < -0.39 is 0 Å². The summed E-state index contributed by atoms with van der Waals surface area (Å²) in [5.41, 5.74) is 11.8. The van der Waals surface area contributed by atoms with E-state index in [0.717, 1.165) is 29.1 Å². The first-order chi connectivity index (χ1) is 12.2. The molecule has 0 saturated carbocycles. The Balaban J connectivity index is 1.87. The van der Waals surface area contributed by atoms with Crippen LogP contribution in [0.3, 0.4) is 0 Å². The third-order valence-corrected chi connectivity index (χ3v) is 4.64. The predicted octanol–water partition coefficient (Wildman–Crippen LogP) is 5.55. The normalized spacial score (nSPS) is 11.0. The summed E-state index contributed by atoms with van der Waals surface area (Å²) in [6, 6.07) is 19.0. The first-order valence-electron chi connectivity index (χ1n) is 9.20. The van der Waals surface area contributed by atoms with Crippen LogP contribution in [-0.4, -0.2) is 9.55 Å². The van der Waals surface area contributed by atoms with Crippen molar-refractivity contribution in [1.82, 2.24) is 9.55 Å². The number of hydrogen-bond acceptors (Lipinski definition) is 2. The van der Waals surface area contributed by atoms with E-state index in [1.807, 2.05) is 29.7 Å². The molecule has 0 spiro atoms. The second-order valence-electron chi connectivity index (χ2n) is 6.58. The summed E-state index contributed by atoms with van der Waals surface area (Å²) in [7, 11) is 0. The third-order valence-electron chi connectivity index (χ3n) is 4.64. The van der Waals surface area contributed by atoms with Crippen LogP contribution >= 0.6 is 0 Å². The number of rotatable bonds is 7. The molecule has 0 saturated heterocycles. The summed E-state index contributed by atoms with van der Waals surface area (Å²) < 4.78 is 2.05. The maximum Gasteiger partial charge on any atom is 0.205 e. The number of unbranched alkanes of at least 4 members (excludes halogenated alkanes) is 3. The molecule has 1 aromatic heterocycles. The minimum Gasteiger partial charge on any atom is -0.369 e. The Morgan fingerprint density at radius 2 is 1.64 bits per heavy atom. The molecule has 3 nitrogen and oxygen atoms in total. The number of aromatic nitrogens is 2. The molecule has 3 heteroatoms. The number of benzene rings is 2. The summed E-state index contributed by atoms with van der Waals surface area (Å²) in [5.74, 6) is 0.534. The monoisotopic (exact) mass is 333 g/mol. The maximum atomic E-state index is 6.22. The van der Waals surface area contributed by atoms with Crippen molar-refractivity contribution in [2.75, 3.05) is 5.73 Å². The lowest BCUT2D eigenvalue weighted by Gasteiger charge is -2.12. The van der Waals surface area contributed by atoms with E-state index in [4.69, 9.17) is 5.73 Å². The zero-order valence-electron chi connectivity index (χ0n) is 15.2. The first-order valence-corrected chi connectivity index (χ1v) is 9.20. The van der Waals surface area contributed by atoms with Gasteiger partial charge in [-0.25, -0.2) is 4.98 Å². The Morgan fingerprint density at radius 3 is 2.32 bits per heavy atom. The van der Waals surface area contributed by atoms with Crippen LogP contribution in [-0.2, 0) is 6.42 Å². The van der Waals surface area contributed by atoms with Gasteiger partial charge in [0.25, 0.3) is 0 Å². The van der Waals surface area contributed by atoms with Gasteiger partial charge in [0.1, 0.15) is 0 Å². The molecule has 1 heterocycles. The highest BCUT2D eigenvalue weighted by Crippen LogP contribution is 2.29. The number of imidazole rings is 1. The molecule has 0 amide bonds. The molecule has 2 N–H and O–H groups in total. The van der Waals surface area contributed by atoms with Crippen molar-refractivity contribution in [2.24, 2.45) is 0 Å². The van der Waals surface area contributed by atoms with Crippen LogP contribution in [0.25, 0.3) is 16.9 Å². The van der Waals surface area contributed by atoms with Gasteiger partial charge in [0.2, 0.25) is 5.95 Å². The Morgan fingerprint density at radius 1 is 0.920 bits per heavy atom. The van der Waals surface area contributed by atoms with Gasteiger partial charge in [-0.3, -0.25) is 4.57 Å². The molecule has 0 fully saturated rings. The van der Waals surface area contributed by atoms with Crippen molar-refractivity contribution < 1.29 is 0 Å². The van der Waals surface area contributed by atoms with Crippen LogP contribution in [0.4, 0.5) is 5.95 Å². The van der Waals surface area contributed by atoms with Crippen LogP contribution in [0.1, 0.15) is 43.9 Å². The molecule has 3 rings (SSSR count). The molecule has 2 aromatic carbocycles. The summed E-state index contributed by atoms with van der Waals surface area (Å²) >= 11 is 0. The van der Waals surface area contributed by atoms with Crippen molar-refractivity contribution in [3.8, 4) is 16.9 Å². The van der Waals surface area contributed by atoms with Crippen LogP contribution in [0, 0.1) is 6.92 Å². The summed E-state index contributed by atoms with van der Waals surface area (Å²) in [6.45, 7) is 4.26. The van der Waals surface area contributed by atoms with E-state index in [0.29, 0.717) is 5.95 Å². The second-order valence-corrected chi connectivity index (χ2v) is 6.58. The number of nitrogen functional groups attached to an aromatic ring is 1. The Labute approximate surface area is 150 Å². The van der Waals surface area contributed by atoms with Crippen molar-refractivity contribution in [2.45, 2.75) is 46.0 Å². The van der Waals surface area contributed by atoms with Crippen molar-refractivity contribution >= 4 is 5.95 Å². The molecule has 0 unspecified atom stereocenters. The fraction of sp³-hybridized carbons (Fsp3) is 0.318. The molecular weight excluding hydrogens is 306 g/mol. The van der Waals surface area contributed by atoms with E-state index >= 15 is 0 Å². The lowest BCUT2D eigenvalue weighted by molar-refractivity contribution is 0.667. The highest BCUT2D eigenvalue weighted by Gasteiger charge is 2.15. The van der Waals surface area contributed by atoms with Gasteiger partial charge in [0, 0.05) is 11.3 Å². The van der Waals surface area contributed by atoms with E-state index in [2.05, 4.69) is 48.3 Å². The summed E-state index contributed by atoms with van der Waals surface area (Å²) in [5, 5.41) is 0. The SMILES string of the molecule is CCCCCCc1ccc(-n2c(N)nc(C)c2-c2ccccc2)cc1. The number of hydrogen-bond donors (Lipinski definition) is 1. The molecule has 0 radical (unpaired) electrons. The van der Waals surface area contributed by atoms with Gasteiger partial charge < -0.3 is 5.73 Å². The fourth-order valence-electron chi connectivity index (χ4n) is 3.31. The van der Waals surface area contributed by atoms with E-state index in [-0.39, 0.29) is 0 Å². The highest BCUT2D eigenvalue weighted by molar-refractivity contribution is 5.68. The zero-order chi connectivity index (χ0) is 17.6. The smallest absolute Gasteiger partial charge is 0.205 e. The molecular formula is C22H27N3. The van der Waals surface area contributed by atoms with E-state index in [1.54, 1.807) is 0 Å². The van der Waals surface area contributed by atoms with Gasteiger partial charge in [-0.15, -0.1) is 0 Å². The van der Waals surface area contributed by atoms with E-state index in [9.17, 15) is 0 Å². The molecule has 130 valence electrons. The summed E-state index contributed by atoms with van der Waals surface area (Å²) in [4.78, 5) is 4.50. The van der Waals surface area contributed by atoms with Crippen molar-refractivity contribution in [3.63, 3.8) is 0 Å². The highest BCUT2D eigenvalue weighted by atomic mass is 15.2. The molecule has 0 aliphatic heterocycles. The first kappa shape index (κ1) is 17.3. The quantitative estimate of drug-likeness (QED) is 0.576. The Kier molecular flexibility index (Phi) is 5.54. The molecule has 0 bridgehead atoms. The topological polar surface area (TPSA) is 43.8 Å². The number of anilines is 1. The predicted molar refractivity (Wildman–Crippen MR) is 106 cm³/mol. The van der Waals surface area contributed by atoms with Crippen LogP contribution in [0.15, 0.2) is 54.6 Å². The largest absolute Gasteiger partial charge is 0.369 e. The minimum atomic E-state index is 0.534. The maximum absolute atomic E-state index is 6.22. The van der Waals surface area contributed by atoms with Gasteiger partial charge in [-0.2, -0.15) is 0 Å².